The van der Waals surface area contributed by atoms with E-state index >= 15 is 0 Å². The summed E-state index contributed by atoms with van der Waals surface area (Å²) in [4.78, 5) is 69.6. The van der Waals surface area contributed by atoms with Crippen LogP contribution in [-0.2, 0) is 57.9 Å². The van der Waals surface area contributed by atoms with Crippen molar-refractivity contribution in [2.75, 3.05) is 6.61 Å². The van der Waals surface area contributed by atoms with E-state index in [1.807, 2.05) is 0 Å². The van der Waals surface area contributed by atoms with E-state index in [1.165, 1.54) is 0 Å². The fourth-order valence-electron chi connectivity index (χ4n) is 3.25. The number of rotatable bonds is 7. The smallest absolute Gasteiger partial charge is 0.351 e. The molecule has 0 radical (unpaired) electrons. The average molecular weight is 523 g/mol. The summed E-state index contributed by atoms with van der Waals surface area (Å²) in [7, 11) is -4.87. The maximum absolute atomic E-state index is 12.8. The van der Waals surface area contributed by atoms with Crippen LogP contribution in [0.3, 0.4) is 0 Å². The van der Waals surface area contributed by atoms with Gasteiger partial charge in [0.15, 0.2) is 24.5 Å². The summed E-state index contributed by atoms with van der Waals surface area (Å²) in [5, 5.41) is 11.2. The van der Waals surface area contributed by atoms with Gasteiger partial charge in [0.05, 0.1) is 11.1 Å². The van der Waals surface area contributed by atoms with Crippen LogP contribution in [0.2, 0.25) is 0 Å². The second-order valence-corrected chi connectivity index (χ2v) is 8.68. The predicted molar refractivity (Wildman–Crippen MR) is 106 cm³/mol. The molecule has 1 amide bonds. The molecule has 35 heavy (non-hydrogen) atoms. The lowest BCUT2D eigenvalue weighted by Gasteiger charge is -2.46. The number of esters is 4. The summed E-state index contributed by atoms with van der Waals surface area (Å²) >= 11 is 0. The van der Waals surface area contributed by atoms with Gasteiger partial charge in [-0.3, -0.25) is 38.8 Å². The Bertz CT molecular complexity index is 1070. The summed E-state index contributed by atoms with van der Waals surface area (Å²) in [6, 6.07) is 0. The molecule has 1 unspecified atom stereocenters. The molecule has 1 N–H and O–H groups in total. The van der Waals surface area contributed by atoms with Gasteiger partial charge < -0.3 is 23.7 Å². The van der Waals surface area contributed by atoms with Gasteiger partial charge in [-0.25, -0.2) is 0 Å². The highest BCUT2D eigenvalue weighted by molar-refractivity contribution is 7.87. The molecule has 0 aromatic heterocycles. The highest BCUT2D eigenvalue weighted by Gasteiger charge is 2.58. The van der Waals surface area contributed by atoms with Crippen LogP contribution in [0.4, 0.5) is 0 Å². The minimum absolute atomic E-state index is 0.125. The van der Waals surface area contributed by atoms with E-state index in [9.17, 15) is 42.5 Å². The number of amides is 1. The van der Waals surface area contributed by atoms with Crippen molar-refractivity contribution in [2.24, 2.45) is 0 Å². The molecular formula is C17H21N3O14S. The van der Waals surface area contributed by atoms with Gasteiger partial charge in [-0.1, -0.05) is 0 Å². The first-order valence-electron chi connectivity index (χ1n) is 9.66. The average Bonchev–Trinajstić information content (AvgIpc) is 2.68. The lowest BCUT2D eigenvalue weighted by atomic mass is 9.97. The molecule has 18 heteroatoms. The lowest BCUT2D eigenvalue weighted by molar-refractivity contribution is -0.420. The maximum atomic E-state index is 12.8. The van der Waals surface area contributed by atoms with Crippen LogP contribution in [0.15, 0.2) is 11.9 Å². The van der Waals surface area contributed by atoms with E-state index in [-0.39, 0.29) is 4.31 Å². The Labute approximate surface area is 197 Å². The Kier molecular flexibility index (Phi) is 8.34. The zero-order valence-electron chi connectivity index (χ0n) is 18.7. The van der Waals surface area contributed by atoms with Crippen molar-refractivity contribution in [1.82, 2.24) is 9.03 Å². The third-order valence-corrected chi connectivity index (χ3v) is 5.72. The molecule has 0 aliphatic carbocycles. The molecular weight excluding hydrogens is 502 g/mol. The van der Waals surface area contributed by atoms with Crippen molar-refractivity contribution >= 4 is 40.0 Å². The fourth-order valence-corrected chi connectivity index (χ4v) is 4.38. The Hall–Kier alpha value is -3.80. The van der Waals surface area contributed by atoms with E-state index in [2.05, 4.69) is 0 Å². The summed E-state index contributed by atoms with van der Waals surface area (Å²) in [5.41, 5.74) is -1.22. The zero-order chi connectivity index (χ0) is 26.7. The van der Waals surface area contributed by atoms with Gasteiger partial charge in [0.1, 0.15) is 12.7 Å². The number of hydrogen-bond acceptors (Lipinski definition) is 14. The van der Waals surface area contributed by atoms with Crippen molar-refractivity contribution < 1.29 is 61.0 Å². The van der Waals surface area contributed by atoms with Crippen molar-refractivity contribution in [1.29, 1.82) is 0 Å². The first-order chi connectivity index (χ1) is 16.2. The molecule has 1 fully saturated rings. The Morgan fingerprint density at radius 1 is 1.00 bits per heavy atom. The molecule has 194 valence electrons. The number of nitrogens with one attached hydrogen (secondary N) is 1. The van der Waals surface area contributed by atoms with Crippen molar-refractivity contribution in [3.05, 3.63) is 22.0 Å². The van der Waals surface area contributed by atoms with Crippen LogP contribution in [0, 0.1) is 10.1 Å². The SMILES string of the molecule is CC(=O)OC[C@H]1OC(N2C(=O)C([N+](=O)[O-])=CNS2(=O)=O)[C@H](OC(C)=O)[C@@H](OC(C)=O)[C@@H]1OC(C)=O. The summed E-state index contributed by atoms with van der Waals surface area (Å²) < 4.78 is 52.7. The van der Waals surface area contributed by atoms with E-state index < -0.39 is 87.9 Å². The molecule has 2 rings (SSSR count). The Morgan fingerprint density at radius 3 is 2.00 bits per heavy atom. The maximum Gasteiger partial charge on any atom is 0.351 e. The van der Waals surface area contributed by atoms with Gasteiger partial charge in [-0.05, 0) is 0 Å². The second kappa shape index (κ2) is 10.6. The van der Waals surface area contributed by atoms with Gasteiger partial charge in [0.25, 0.3) is 0 Å². The molecule has 2 aliphatic rings. The summed E-state index contributed by atoms with van der Waals surface area (Å²) in [6.07, 6.45) is -8.84. The van der Waals surface area contributed by atoms with Crippen LogP contribution in [-0.4, -0.2) is 84.7 Å². The molecule has 2 heterocycles. The normalized spacial score (nSPS) is 27.5. The first-order valence-corrected chi connectivity index (χ1v) is 11.1. The van der Waals surface area contributed by atoms with Crippen molar-refractivity contribution in [3.8, 4) is 0 Å². The van der Waals surface area contributed by atoms with Gasteiger partial charge >= 0.3 is 45.7 Å². The van der Waals surface area contributed by atoms with Crippen LogP contribution in [0.5, 0.6) is 0 Å². The molecule has 1 saturated heterocycles. The predicted octanol–water partition coefficient (Wildman–Crippen LogP) is -2.14. The standard InChI is InChI=1S/C17H21N3O14S/c1-7(21)30-6-12-13(31-8(2)22)14(32-9(3)23)15(33-10(4)24)17(34-12)19-16(25)11(20(26)27)5-18-35(19,28)29/h5,12-15,17-18H,6H2,1-4H3/t12-,13-,14+,15-,17?/m1/s1. The lowest BCUT2D eigenvalue weighted by Crippen LogP contribution is -2.69. The number of carbonyl (C=O) groups is 5. The highest BCUT2D eigenvalue weighted by atomic mass is 32.2. The topological polar surface area (TPSA) is 224 Å². The molecule has 5 atom stereocenters. The largest absolute Gasteiger partial charge is 0.463 e. The number of carbonyl (C=O) groups excluding carboxylic acids is 5. The van der Waals surface area contributed by atoms with Crippen molar-refractivity contribution in [2.45, 2.75) is 58.3 Å². The zero-order valence-corrected chi connectivity index (χ0v) is 19.5. The van der Waals surface area contributed by atoms with Crippen molar-refractivity contribution in [3.63, 3.8) is 0 Å². The molecule has 0 aromatic rings. The van der Waals surface area contributed by atoms with E-state index in [1.54, 1.807) is 4.72 Å². The highest BCUT2D eigenvalue weighted by Crippen LogP contribution is 2.33. The van der Waals surface area contributed by atoms with Gasteiger partial charge in [-0.15, -0.1) is 0 Å². The quantitative estimate of drug-likeness (QED) is 0.163. The first kappa shape index (κ1) is 27.4. The van der Waals surface area contributed by atoms with Crippen LogP contribution >= 0.6 is 0 Å². The Balaban J connectivity index is 2.69. The third-order valence-electron chi connectivity index (χ3n) is 4.42. The van der Waals surface area contributed by atoms with Gasteiger partial charge in [0.2, 0.25) is 0 Å². The molecule has 0 aromatic carbocycles. The van der Waals surface area contributed by atoms with E-state index in [4.69, 9.17) is 23.7 Å². The van der Waals surface area contributed by atoms with Crippen LogP contribution < -0.4 is 4.72 Å². The molecule has 0 bridgehead atoms. The monoisotopic (exact) mass is 523 g/mol. The van der Waals surface area contributed by atoms with E-state index in [0.29, 0.717) is 6.20 Å². The molecule has 0 spiro atoms. The van der Waals surface area contributed by atoms with Crippen LogP contribution in [0.1, 0.15) is 27.7 Å². The molecule has 0 saturated carbocycles. The van der Waals surface area contributed by atoms with Crippen LogP contribution in [0.25, 0.3) is 0 Å². The summed E-state index contributed by atoms with van der Waals surface area (Å²) in [6.45, 7) is 3.10. The minimum atomic E-state index is -4.87. The molecule has 17 nitrogen and oxygen atoms in total. The van der Waals surface area contributed by atoms with Gasteiger partial charge in [-0.2, -0.15) is 12.7 Å². The number of hydrogen-bond donors (Lipinski definition) is 1. The number of ether oxygens (including phenoxy) is 5. The minimum Gasteiger partial charge on any atom is -0.463 e. The second-order valence-electron chi connectivity index (χ2n) is 7.10. The Morgan fingerprint density at radius 2 is 1.51 bits per heavy atom. The van der Waals surface area contributed by atoms with Gasteiger partial charge in [0, 0.05) is 27.7 Å². The molecule has 2 aliphatic heterocycles. The number of nitrogens with zero attached hydrogens (tertiary/aromatic N) is 2. The summed E-state index contributed by atoms with van der Waals surface area (Å²) in [5.74, 6) is -5.53. The number of nitro groups is 1. The third kappa shape index (κ3) is 6.41. The fraction of sp³-hybridized carbons (Fsp3) is 0.588. The van der Waals surface area contributed by atoms with E-state index in [0.717, 1.165) is 27.7 Å².